The van der Waals surface area contributed by atoms with Crippen LogP contribution in [0.5, 0.6) is 5.75 Å². The number of hydrogen-bond donors (Lipinski definition) is 1. The number of guanidine groups is 1. The van der Waals surface area contributed by atoms with E-state index in [1.165, 1.54) is 6.26 Å². The largest absolute Gasteiger partial charge is 0.496 e. The van der Waals surface area contributed by atoms with Gasteiger partial charge >= 0.3 is 0 Å². The first-order chi connectivity index (χ1) is 13.7. The van der Waals surface area contributed by atoms with Gasteiger partial charge in [-0.05, 0) is 37.1 Å². The molecule has 28 heavy (non-hydrogen) atoms. The summed E-state index contributed by atoms with van der Waals surface area (Å²) < 4.78 is 10.6. The van der Waals surface area contributed by atoms with Gasteiger partial charge in [0.1, 0.15) is 5.75 Å². The average Bonchev–Trinajstić information content (AvgIpc) is 3.28. The van der Waals surface area contributed by atoms with E-state index in [1.807, 2.05) is 23.1 Å². The lowest BCUT2D eigenvalue weighted by molar-refractivity contribution is 0.0657. The van der Waals surface area contributed by atoms with Gasteiger partial charge in [0.25, 0.3) is 5.91 Å². The Hall–Kier alpha value is -2.96. The minimum Gasteiger partial charge on any atom is -0.496 e. The molecule has 1 amide bonds. The van der Waals surface area contributed by atoms with Crippen LogP contribution in [-0.2, 0) is 6.42 Å². The number of amides is 1. The molecule has 0 bridgehead atoms. The van der Waals surface area contributed by atoms with E-state index in [0.717, 1.165) is 43.3 Å². The summed E-state index contributed by atoms with van der Waals surface area (Å²) in [6, 6.07) is 11.5. The fraction of sp³-hybridized carbons (Fsp3) is 0.429. The van der Waals surface area contributed by atoms with E-state index in [4.69, 9.17) is 14.1 Å². The molecule has 7 heteroatoms. The highest BCUT2D eigenvalue weighted by atomic mass is 16.5. The molecule has 1 aromatic heterocycles. The standard InChI is InChI=1S/C21H28N4O3/c1-3-22-21(23-11-10-17-7-4-5-8-18(17)27-2)25-14-12-24(13-15-25)20(26)19-9-6-16-28-19/h4-9,16H,3,10-15H2,1-2H3,(H,22,23). The number of rotatable bonds is 6. The molecule has 1 N–H and O–H groups in total. The van der Waals surface area contributed by atoms with Gasteiger partial charge in [-0.25, -0.2) is 0 Å². The third kappa shape index (κ3) is 4.85. The first-order valence-electron chi connectivity index (χ1n) is 9.71. The summed E-state index contributed by atoms with van der Waals surface area (Å²) in [5.41, 5.74) is 1.15. The maximum Gasteiger partial charge on any atom is 0.289 e. The molecule has 1 aliphatic rings. The lowest BCUT2D eigenvalue weighted by Gasteiger charge is -2.36. The molecule has 1 aromatic carbocycles. The Morgan fingerprint density at radius 1 is 1.14 bits per heavy atom. The third-order valence-electron chi connectivity index (χ3n) is 4.77. The van der Waals surface area contributed by atoms with Crippen molar-refractivity contribution in [3.05, 3.63) is 54.0 Å². The summed E-state index contributed by atoms with van der Waals surface area (Å²) in [4.78, 5) is 21.2. The number of para-hydroxylation sites is 1. The number of hydrogen-bond acceptors (Lipinski definition) is 4. The molecule has 0 spiro atoms. The Morgan fingerprint density at radius 3 is 2.57 bits per heavy atom. The van der Waals surface area contributed by atoms with E-state index in [1.54, 1.807) is 19.2 Å². The number of carbonyl (C=O) groups excluding carboxylic acids is 1. The zero-order chi connectivity index (χ0) is 19.8. The van der Waals surface area contributed by atoms with Crippen LogP contribution in [0.2, 0.25) is 0 Å². The highest BCUT2D eigenvalue weighted by Gasteiger charge is 2.25. The Balaban J connectivity index is 1.57. The van der Waals surface area contributed by atoms with E-state index in [9.17, 15) is 4.79 Å². The Morgan fingerprint density at radius 2 is 1.89 bits per heavy atom. The highest BCUT2D eigenvalue weighted by molar-refractivity contribution is 5.91. The Kier molecular flexibility index (Phi) is 6.94. The Bertz CT molecular complexity index is 781. The van der Waals surface area contributed by atoms with Crippen LogP contribution in [0.3, 0.4) is 0 Å². The van der Waals surface area contributed by atoms with E-state index >= 15 is 0 Å². The molecule has 150 valence electrons. The molecule has 0 aliphatic carbocycles. The Labute approximate surface area is 166 Å². The van der Waals surface area contributed by atoms with Gasteiger partial charge in [-0.2, -0.15) is 0 Å². The molecule has 0 radical (unpaired) electrons. The predicted octanol–water partition coefficient (Wildman–Crippen LogP) is 2.25. The van der Waals surface area contributed by atoms with Crippen molar-refractivity contribution >= 4 is 11.9 Å². The monoisotopic (exact) mass is 384 g/mol. The zero-order valence-electron chi connectivity index (χ0n) is 16.6. The number of furan rings is 1. The van der Waals surface area contributed by atoms with Crippen LogP contribution in [-0.4, -0.2) is 68.0 Å². The molecule has 1 fully saturated rings. The van der Waals surface area contributed by atoms with Crippen LogP contribution in [0.15, 0.2) is 52.1 Å². The summed E-state index contributed by atoms with van der Waals surface area (Å²) in [5.74, 6) is 2.13. The summed E-state index contributed by atoms with van der Waals surface area (Å²) >= 11 is 0. The van der Waals surface area contributed by atoms with Gasteiger partial charge < -0.3 is 24.3 Å². The van der Waals surface area contributed by atoms with Crippen molar-refractivity contribution in [1.82, 2.24) is 15.1 Å². The summed E-state index contributed by atoms with van der Waals surface area (Å²) in [5, 5.41) is 3.36. The summed E-state index contributed by atoms with van der Waals surface area (Å²) in [6.07, 6.45) is 2.34. The number of carbonyl (C=O) groups is 1. The minimum absolute atomic E-state index is 0.0530. The molecule has 3 rings (SSSR count). The van der Waals surface area contributed by atoms with Crippen LogP contribution in [0, 0.1) is 0 Å². The fourth-order valence-corrected chi connectivity index (χ4v) is 3.30. The third-order valence-corrected chi connectivity index (χ3v) is 4.77. The number of aliphatic imine (C=N–C) groups is 1. The van der Waals surface area contributed by atoms with Gasteiger partial charge in [0, 0.05) is 39.3 Å². The van der Waals surface area contributed by atoms with Crippen molar-refractivity contribution in [1.29, 1.82) is 0 Å². The molecule has 0 unspecified atom stereocenters. The van der Waals surface area contributed by atoms with E-state index in [-0.39, 0.29) is 5.91 Å². The van der Waals surface area contributed by atoms with Gasteiger partial charge in [-0.3, -0.25) is 9.79 Å². The van der Waals surface area contributed by atoms with Crippen LogP contribution in [0.4, 0.5) is 0 Å². The zero-order valence-corrected chi connectivity index (χ0v) is 16.6. The van der Waals surface area contributed by atoms with Gasteiger partial charge in [0.05, 0.1) is 13.4 Å². The smallest absolute Gasteiger partial charge is 0.289 e. The second-order valence-corrected chi connectivity index (χ2v) is 6.55. The van der Waals surface area contributed by atoms with Gasteiger partial charge in [0.15, 0.2) is 11.7 Å². The second kappa shape index (κ2) is 9.82. The summed E-state index contributed by atoms with van der Waals surface area (Å²) in [6.45, 7) is 6.33. The number of methoxy groups -OCH3 is 1. The molecule has 7 nitrogen and oxygen atoms in total. The van der Waals surface area contributed by atoms with Crippen molar-refractivity contribution in [2.45, 2.75) is 13.3 Å². The van der Waals surface area contributed by atoms with E-state index in [2.05, 4.69) is 23.2 Å². The predicted molar refractivity (Wildman–Crippen MR) is 109 cm³/mol. The lowest BCUT2D eigenvalue weighted by Crippen LogP contribution is -2.53. The topological polar surface area (TPSA) is 70.3 Å². The normalized spacial score (nSPS) is 14.9. The first-order valence-corrected chi connectivity index (χ1v) is 9.71. The molecular formula is C21H28N4O3. The van der Waals surface area contributed by atoms with Crippen molar-refractivity contribution in [2.24, 2.45) is 4.99 Å². The SMILES string of the molecule is CCNC(=NCCc1ccccc1OC)N1CCN(C(=O)c2ccco2)CC1. The number of ether oxygens (including phenoxy) is 1. The molecule has 1 aliphatic heterocycles. The number of piperazine rings is 1. The lowest BCUT2D eigenvalue weighted by atomic mass is 10.1. The average molecular weight is 384 g/mol. The molecule has 1 saturated heterocycles. The van der Waals surface area contributed by atoms with Gasteiger partial charge in [-0.1, -0.05) is 18.2 Å². The van der Waals surface area contributed by atoms with E-state index < -0.39 is 0 Å². The highest BCUT2D eigenvalue weighted by Crippen LogP contribution is 2.17. The molecule has 2 heterocycles. The van der Waals surface area contributed by atoms with E-state index in [0.29, 0.717) is 25.4 Å². The fourth-order valence-electron chi connectivity index (χ4n) is 3.30. The van der Waals surface area contributed by atoms with Crippen LogP contribution in [0.25, 0.3) is 0 Å². The molecule has 2 aromatic rings. The molecule has 0 atom stereocenters. The van der Waals surface area contributed by atoms with Crippen molar-refractivity contribution < 1.29 is 13.9 Å². The minimum atomic E-state index is -0.0530. The number of nitrogens with one attached hydrogen (secondary N) is 1. The maximum atomic E-state index is 12.4. The maximum absolute atomic E-state index is 12.4. The quantitative estimate of drug-likeness (QED) is 0.611. The van der Waals surface area contributed by atoms with Crippen molar-refractivity contribution in [3.8, 4) is 5.75 Å². The van der Waals surface area contributed by atoms with Crippen LogP contribution < -0.4 is 10.1 Å². The van der Waals surface area contributed by atoms with Crippen molar-refractivity contribution in [3.63, 3.8) is 0 Å². The van der Waals surface area contributed by atoms with Crippen molar-refractivity contribution in [2.75, 3.05) is 46.4 Å². The second-order valence-electron chi connectivity index (χ2n) is 6.55. The molecular weight excluding hydrogens is 356 g/mol. The van der Waals surface area contributed by atoms with Gasteiger partial charge in [-0.15, -0.1) is 0 Å². The van der Waals surface area contributed by atoms with Gasteiger partial charge in [0.2, 0.25) is 0 Å². The molecule has 0 saturated carbocycles. The summed E-state index contributed by atoms with van der Waals surface area (Å²) in [7, 11) is 1.69. The number of nitrogens with zero attached hydrogens (tertiary/aromatic N) is 3. The number of benzene rings is 1. The van der Waals surface area contributed by atoms with Crippen LogP contribution in [0.1, 0.15) is 23.0 Å². The van der Waals surface area contributed by atoms with Crippen LogP contribution >= 0.6 is 0 Å². The first kappa shape index (κ1) is 19.8.